The normalized spacial score (nSPS) is 11.6. The lowest BCUT2D eigenvalue weighted by atomic mass is 9.97. The van der Waals surface area contributed by atoms with E-state index < -0.39 is 0 Å². The molecule has 20 heavy (non-hydrogen) atoms. The van der Waals surface area contributed by atoms with Crippen molar-refractivity contribution in [3.05, 3.63) is 57.2 Å². The molecule has 2 rings (SSSR count). The van der Waals surface area contributed by atoms with Crippen LogP contribution in [-0.2, 0) is 11.3 Å². The van der Waals surface area contributed by atoms with Crippen molar-refractivity contribution in [2.45, 2.75) is 6.61 Å². The molecular weight excluding hydrogens is 367 g/mol. The monoisotopic (exact) mass is 382 g/mol. The number of oxime groups is 1. The molecule has 0 aliphatic rings. The number of halogens is 1. The number of hydrogen-bond acceptors (Lipinski definition) is 3. The summed E-state index contributed by atoms with van der Waals surface area (Å²) < 4.78 is 6.43. The largest absolute Gasteiger partial charge is 0.409 e. The van der Waals surface area contributed by atoms with Gasteiger partial charge in [-0.2, -0.15) is 0 Å². The van der Waals surface area contributed by atoms with Crippen LogP contribution in [0.15, 0.2) is 47.6 Å². The van der Waals surface area contributed by atoms with Crippen molar-refractivity contribution >= 4 is 28.4 Å². The summed E-state index contributed by atoms with van der Waals surface area (Å²) in [5.41, 5.74) is 9.49. The average Bonchev–Trinajstić information content (AvgIpc) is 2.48. The van der Waals surface area contributed by atoms with Gasteiger partial charge < -0.3 is 15.7 Å². The Kier molecular flexibility index (Phi) is 4.97. The van der Waals surface area contributed by atoms with Gasteiger partial charge in [-0.25, -0.2) is 0 Å². The van der Waals surface area contributed by atoms with Gasteiger partial charge in [-0.05, 0) is 57.5 Å². The minimum Gasteiger partial charge on any atom is -0.409 e. The van der Waals surface area contributed by atoms with Gasteiger partial charge in [0.2, 0.25) is 0 Å². The second kappa shape index (κ2) is 6.71. The first-order valence-corrected chi connectivity index (χ1v) is 7.09. The molecule has 2 aromatic rings. The smallest absolute Gasteiger partial charge is 0.170 e. The van der Waals surface area contributed by atoms with Crippen molar-refractivity contribution in [1.82, 2.24) is 0 Å². The minimum absolute atomic E-state index is 0.0940. The zero-order valence-electron chi connectivity index (χ0n) is 11.0. The second-order valence-electron chi connectivity index (χ2n) is 4.30. The minimum atomic E-state index is 0.0940. The number of benzene rings is 2. The highest BCUT2D eigenvalue weighted by molar-refractivity contribution is 14.1. The maximum atomic E-state index is 8.76. The Balaban J connectivity index is 2.49. The third-order valence-electron chi connectivity index (χ3n) is 2.96. The Morgan fingerprint density at radius 3 is 2.55 bits per heavy atom. The number of amidine groups is 1. The van der Waals surface area contributed by atoms with Crippen LogP contribution in [0.2, 0.25) is 0 Å². The Morgan fingerprint density at radius 1 is 1.25 bits per heavy atom. The lowest BCUT2D eigenvalue weighted by Gasteiger charge is -2.11. The summed E-state index contributed by atoms with van der Waals surface area (Å²) in [5.74, 6) is 0.0940. The molecule has 0 atom stereocenters. The Bertz CT molecular complexity index is 624. The Morgan fingerprint density at radius 2 is 1.95 bits per heavy atom. The Labute approximate surface area is 131 Å². The SMILES string of the molecule is COCc1cc(/C(N)=N/O)ccc1-c1ccc(I)cc1. The van der Waals surface area contributed by atoms with Crippen molar-refractivity contribution in [3.8, 4) is 11.1 Å². The van der Waals surface area contributed by atoms with Crippen LogP contribution in [-0.4, -0.2) is 18.2 Å². The van der Waals surface area contributed by atoms with Crippen molar-refractivity contribution in [2.75, 3.05) is 7.11 Å². The molecule has 104 valence electrons. The van der Waals surface area contributed by atoms with Crippen LogP contribution >= 0.6 is 22.6 Å². The first-order chi connectivity index (χ1) is 9.65. The fourth-order valence-electron chi connectivity index (χ4n) is 2.00. The zero-order valence-corrected chi connectivity index (χ0v) is 13.2. The molecule has 0 saturated carbocycles. The molecule has 0 heterocycles. The van der Waals surface area contributed by atoms with Gasteiger partial charge in [0, 0.05) is 16.2 Å². The van der Waals surface area contributed by atoms with Crippen molar-refractivity contribution in [3.63, 3.8) is 0 Å². The molecular formula is C15H15IN2O2. The molecule has 3 N–H and O–H groups in total. The van der Waals surface area contributed by atoms with E-state index in [1.807, 2.05) is 18.2 Å². The predicted molar refractivity (Wildman–Crippen MR) is 87.8 cm³/mol. The van der Waals surface area contributed by atoms with Crippen LogP contribution in [0.25, 0.3) is 11.1 Å². The number of methoxy groups -OCH3 is 1. The van der Waals surface area contributed by atoms with Crippen LogP contribution < -0.4 is 5.73 Å². The van der Waals surface area contributed by atoms with Crippen LogP contribution in [0.1, 0.15) is 11.1 Å². The van der Waals surface area contributed by atoms with Crippen molar-refractivity contribution in [1.29, 1.82) is 0 Å². The summed E-state index contributed by atoms with van der Waals surface area (Å²) in [5, 5.41) is 11.8. The molecule has 4 nitrogen and oxygen atoms in total. The molecule has 0 fully saturated rings. The lowest BCUT2D eigenvalue weighted by molar-refractivity contribution is 0.185. The van der Waals surface area contributed by atoms with Crippen LogP contribution in [0.5, 0.6) is 0 Å². The van der Waals surface area contributed by atoms with Gasteiger partial charge in [0.15, 0.2) is 5.84 Å². The van der Waals surface area contributed by atoms with E-state index in [0.29, 0.717) is 12.2 Å². The highest BCUT2D eigenvalue weighted by Gasteiger charge is 2.08. The molecule has 0 aliphatic heterocycles. The van der Waals surface area contributed by atoms with Crippen molar-refractivity contribution in [2.24, 2.45) is 10.9 Å². The van der Waals surface area contributed by atoms with Crippen molar-refractivity contribution < 1.29 is 9.94 Å². The van der Waals surface area contributed by atoms with Gasteiger partial charge in [0.25, 0.3) is 0 Å². The fraction of sp³-hybridized carbons (Fsp3) is 0.133. The van der Waals surface area contributed by atoms with Gasteiger partial charge in [-0.1, -0.05) is 29.4 Å². The summed E-state index contributed by atoms with van der Waals surface area (Å²) in [4.78, 5) is 0. The summed E-state index contributed by atoms with van der Waals surface area (Å²) in [6, 6.07) is 13.9. The van der Waals surface area contributed by atoms with E-state index >= 15 is 0 Å². The van der Waals surface area contributed by atoms with E-state index in [0.717, 1.165) is 16.7 Å². The van der Waals surface area contributed by atoms with Gasteiger partial charge in [-0.3, -0.25) is 0 Å². The Hall–Kier alpha value is -1.60. The van der Waals surface area contributed by atoms with Gasteiger partial charge in [0.05, 0.1) is 6.61 Å². The first kappa shape index (κ1) is 14.8. The molecule has 2 aromatic carbocycles. The van der Waals surface area contributed by atoms with E-state index in [1.165, 1.54) is 3.57 Å². The average molecular weight is 382 g/mol. The standard InChI is InChI=1S/C15H15IN2O2/c1-20-9-12-8-11(15(17)18-19)4-7-14(12)10-2-5-13(16)6-3-10/h2-8,19H,9H2,1H3,(H2,17,18). The van der Waals surface area contributed by atoms with Crippen LogP contribution in [0.3, 0.4) is 0 Å². The lowest BCUT2D eigenvalue weighted by Crippen LogP contribution is -2.13. The highest BCUT2D eigenvalue weighted by atomic mass is 127. The third-order valence-corrected chi connectivity index (χ3v) is 3.68. The quantitative estimate of drug-likeness (QED) is 0.281. The molecule has 0 saturated heterocycles. The second-order valence-corrected chi connectivity index (χ2v) is 5.54. The van der Waals surface area contributed by atoms with Crippen LogP contribution in [0, 0.1) is 3.57 Å². The number of hydrogen-bond donors (Lipinski definition) is 2. The number of nitrogens with zero attached hydrogens (tertiary/aromatic N) is 1. The molecule has 0 aromatic heterocycles. The molecule has 0 bridgehead atoms. The van der Waals surface area contributed by atoms with Crippen LogP contribution in [0.4, 0.5) is 0 Å². The zero-order chi connectivity index (χ0) is 14.5. The van der Waals surface area contributed by atoms with E-state index in [9.17, 15) is 0 Å². The van der Waals surface area contributed by atoms with E-state index in [-0.39, 0.29) is 5.84 Å². The maximum Gasteiger partial charge on any atom is 0.170 e. The molecule has 0 amide bonds. The predicted octanol–water partition coefficient (Wildman–Crippen LogP) is 3.20. The highest BCUT2D eigenvalue weighted by Crippen LogP contribution is 2.26. The molecule has 0 radical (unpaired) electrons. The number of nitrogens with two attached hydrogens (primary N) is 1. The fourth-order valence-corrected chi connectivity index (χ4v) is 2.36. The number of ether oxygens (including phenoxy) is 1. The summed E-state index contributed by atoms with van der Waals surface area (Å²) >= 11 is 2.28. The van der Waals surface area contributed by atoms with E-state index in [2.05, 4.69) is 52.0 Å². The number of rotatable bonds is 4. The molecule has 0 spiro atoms. The summed E-state index contributed by atoms with van der Waals surface area (Å²) in [6.07, 6.45) is 0. The van der Waals surface area contributed by atoms with Gasteiger partial charge >= 0.3 is 0 Å². The first-order valence-electron chi connectivity index (χ1n) is 6.01. The summed E-state index contributed by atoms with van der Waals surface area (Å²) in [6.45, 7) is 0.466. The van der Waals surface area contributed by atoms with Gasteiger partial charge in [-0.15, -0.1) is 0 Å². The molecule has 0 unspecified atom stereocenters. The maximum absolute atomic E-state index is 8.76. The van der Waals surface area contributed by atoms with E-state index in [1.54, 1.807) is 7.11 Å². The van der Waals surface area contributed by atoms with E-state index in [4.69, 9.17) is 15.7 Å². The molecule has 0 aliphatic carbocycles. The molecule has 5 heteroatoms. The third kappa shape index (κ3) is 3.29. The topological polar surface area (TPSA) is 67.8 Å². The summed E-state index contributed by atoms with van der Waals surface area (Å²) in [7, 11) is 1.65. The van der Waals surface area contributed by atoms with Gasteiger partial charge in [0.1, 0.15) is 0 Å².